The maximum Gasteiger partial charge on any atom is 0.307 e. The summed E-state index contributed by atoms with van der Waals surface area (Å²) in [6.07, 6.45) is 6.52. The first-order valence-corrected chi connectivity index (χ1v) is 9.33. The number of amides is 1. The van der Waals surface area contributed by atoms with Crippen LogP contribution in [0.1, 0.15) is 38.5 Å². The summed E-state index contributed by atoms with van der Waals surface area (Å²) in [5.41, 5.74) is 0. The number of ether oxygens (including phenoxy) is 1. The minimum Gasteiger partial charge on any atom is -0.456 e. The number of thioether (sulfide) groups is 1. The second-order valence-electron chi connectivity index (χ2n) is 5.88. The molecule has 0 saturated heterocycles. The van der Waals surface area contributed by atoms with Gasteiger partial charge in [0.25, 0.3) is 5.91 Å². The van der Waals surface area contributed by atoms with Crippen LogP contribution in [-0.2, 0) is 14.3 Å². The van der Waals surface area contributed by atoms with Crippen LogP contribution in [0.15, 0.2) is 35.2 Å². The molecule has 0 aliphatic heterocycles. The molecule has 1 fully saturated rings. The minimum absolute atomic E-state index is 0.165. The van der Waals surface area contributed by atoms with Gasteiger partial charge < -0.3 is 10.1 Å². The molecule has 0 atom stereocenters. The van der Waals surface area contributed by atoms with Crippen LogP contribution < -0.4 is 5.32 Å². The van der Waals surface area contributed by atoms with E-state index in [0.717, 1.165) is 4.90 Å². The third-order valence-electron chi connectivity index (χ3n) is 4.00. The largest absolute Gasteiger partial charge is 0.456 e. The molecule has 5 heteroatoms. The Labute approximate surface area is 142 Å². The number of hydrogen-bond acceptors (Lipinski definition) is 4. The van der Waals surface area contributed by atoms with Crippen LogP contribution in [0.3, 0.4) is 0 Å². The maximum absolute atomic E-state index is 11.7. The highest BCUT2D eigenvalue weighted by molar-refractivity contribution is 7.99. The van der Waals surface area contributed by atoms with E-state index in [1.807, 2.05) is 30.3 Å². The third kappa shape index (κ3) is 7.55. The number of rotatable bonds is 8. The average molecular weight is 335 g/mol. The lowest BCUT2D eigenvalue weighted by molar-refractivity contribution is -0.148. The standard InChI is InChI=1S/C18H25NO3S/c20-17(19-13-15-7-3-1-4-8-15)14-22-18(21)11-12-23-16-9-5-2-6-10-16/h2,5-6,9-10,15H,1,3-4,7-8,11-14H2,(H,19,20). The Morgan fingerprint density at radius 2 is 1.87 bits per heavy atom. The van der Waals surface area contributed by atoms with Crippen LogP contribution in [0.2, 0.25) is 0 Å². The SMILES string of the molecule is O=C(COC(=O)CCSc1ccccc1)NCC1CCCCC1. The number of benzene rings is 1. The lowest BCUT2D eigenvalue weighted by Crippen LogP contribution is -2.33. The fourth-order valence-electron chi connectivity index (χ4n) is 2.69. The molecule has 2 rings (SSSR count). The first-order valence-electron chi connectivity index (χ1n) is 8.34. The summed E-state index contributed by atoms with van der Waals surface area (Å²) in [5.74, 6) is 0.735. The Kier molecular flexibility index (Phi) is 8.01. The van der Waals surface area contributed by atoms with Crippen LogP contribution in [0.4, 0.5) is 0 Å². The Balaban J connectivity index is 1.52. The number of nitrogens with one attached hydrogen (secondary N) is 1. The summed E-state index contributed by atoms with van der Waals surface area (Å²) < 4.78 is 5.02. The third-order valence-corrected chi connectivity index (χ3v) is 5.01. The number of esters is 1. The Bertz CT molecular complexity index is 486. The van der Waals surface area contributed by atoms with E-state index in [4.69, 9.17) is 4.74 Å². The lowest BCUT2D eigenvalue weighted by Gasteiger charge is -2.21. The molecule has 0 heterocycles. The highest BCUT2D eigenvalue weighted by Crippen LogP contribution is 2.22. The van der Waals surface area contributed by atoms with Gasteiger partial charge in [-0.1, -0.05) is 37.5 Å². The van der Waals surface area contributed by atoms with E-state index in [2.05, 4.69) is 5.32 Å². The Morgan fingerprint density at radius 3 is 2.61 bits per heavy atom. The zero-order chi connectivity index (χ0) is 16.3. The molecule has 0 aromatic heterocycles. The van der Waals surface area contributed by atoms with Crippen molar-refractivity contribution in [2.45, 2.75) is 43.4 Å². The van der Waals surface area contributed by atoms with E-state index in [9.17, 15) is 9.59 Å². The van der Waals surface area contributed by atoms with Gasteiger partial charge in [0.05, 0.1) is 6.42 Å². The van der Waals surface area contributed by atoms with E-state index < -0.39 is 0 Å². The predicted molar refractivity (Wildman–Crippen MR) is 92.3 cm³/mol. The molecule has 1 saturated carbocycles. The molecule has 1 N–H and O–H groups in total. The van der Waals surface area contributed by atoms with Crippen LogP contribution in [0, 0.1) is 5.92 Å². The first kappa shape index (κ1) is 17.9. The molecule has 1 aromatic rings. The smallest absolute Gasteiger partial charge is 0.307 e. The Morgan fingerprint density at radius 1 is 1.13 bits per heavy atom. The van der Waals surface area contributed by atoms with Crippen molar-refractivity contribution in [3.05, 3.63) is 30.3 Å². The highest BCUT2D eigenvalue weighted by atomic mass is 32.2. The molecule has 23 heavy (non-hydrogen) atoms. The van der Waals surface area contributed by atoms with Gasteiger partial charge in [-0.2, -0.15) is 0 Å². The van der Waals surface area contributed by atoms with Crippen molar-refractivity contribution >= 4 is 23.6 Å². The summed E-state index contributed by atoms with van der Waals surface area (Å²) in [5, 5.41) is 2.87. The van der Waals surface area contributed by atoms with E-state index in [-0.39, 0.29) is 18.5 Å². The number of carbonyl (C=O) groups excluding carboxylic acids is 2. The summed E-state index contributed by atoms with van der Waals surface area (Å²) in [7, 11) is 0. The zero-order valence-corrected chi connectivity index (χ0v) is 14.3. The van der Waals surface area contributed by atoms with Crippen LogP contribution in [0.5, 0.6) is 0 Å². The Hall–Kier alpha value is -1.49. The predicted octanol–water partition coefficient (Wildman–Crippen LogP) is 3.41. The van der Waals surface area contributed by atoms with Gasteiger partial charge in [-0.05, 0) is 30.9 Å². The van der Waals surface area contributed by atoms with Crippen molar-refractivity contribution in [1.29, 1.82) is 0 Å². The van der Waals surface area contributed by atoms with Gasteiger partial charge in [-0.25, -0.2) is 0 Å². The summed E-state index contributed by atoms with van der Waals surface area (Å²) >= 11 is 1.61. The molecule has 1 aliphatic carbocycles. The molecular weight excluding hydrogens is 310 g/mol. The molecule has 4 nitrogen and oxygen atoms in total. The topological polar surface area (TPSA) is 55.4 Å². The van der Waals surface area contributed by atoms with Gasteiger partial charge in [0.15, 0.2) is 6.61 Å². The van der Waals surface area contributed by atoms with Gasteiger partial charge in [0, 0.05) is 17.2 Å². The van der Waals surface area contributed by atoms with E-state index >= 15 is 0 Å². The second kappa shape index (κ2) is 10.3. The normalized spacial score (nSPS) is 15.1. The van der Waals surface area contributed by atoms with Gasteiger partial charge in [0.1, 0.15) is 0 Å². The molecular formula is C18H25NO3S. The van der Waals surface area contributed by atoms with Crippen molar-refractivity contribution in [1.82, 2.24) is 5.32 Å². The fourth-order valence-corrected chi connectivity index (χ4v) is 3.54. The van der Waals surface area contributed by atoms with Crippen molar-refractivity contribution in [3.8, 4) is 0 Å². The van der Waals surface area contributed by atoms with Crippen LogP contribution in [0.25, 0.3) is 0 Å². The van der Waals surface area contributed by atoms with Crippen molar-refractivity contribution in [3.63, 3.8) is 0 Å². The molecule has 0 spiro atoms. The number of hydrogen-bond donors (Lipinski definition) is 1. The molecule has 0 radical (unpaired) electrons. The summed E-state index contributed by atoms with van der Waals surface area (Å²) in [6.45, 7) is 0.543. The van der Waals surface area contributed by atoms with Crippen molar-refractivity contribution in [2.24, 2.45) is 5.92 Å². The van der Waals surface area contributed by atoms with Gasteiger partial charge in [0.2, 0.25) is 0 Å². The monoisotopic (exact) mass is 335 g/mol. The van der Waals surface area contributed by atoms with Crippen molar-refractivity contribution in [2.75, 3.05) is 18.9 Å². The zero-order valence-electron chi connectivity index (χ0n) is 13.5. The van der Waals surface area contributed by atoms with E-state index in [0.29, 0.717) is 24.6 Å². The second-order valence-corrected chi connectivity index (χ2v) is 7.05. The van der Waals surface area contributed by atoms with Crippen LogP contribution >= 0.6 is 11.8 Å². The van der Waals surface area contributed by atoms with Gasteiger partial charge >= 0.3 is 5.97 Å². The molecule has 0 bridgehead atoms. The first-order chi connectivity index (χ1) is 11.2. The minimum atomic E-state index is -0.318. The van der Waals surface area contributed by atoms with E-state index in [1.165, 1.54) is 32.1 Å². The van der Waals surface area contributed by atoms with Gasteiger partial charge in [-0.15, -0.1) is 11.8 Å². The maximum atomic E-state index is 11.7. The fraction of sp³-hybridized carbons (Fsp3) is 0.556. The van der Waals surface area contributed by atoms with Gasteiger partial charge in [-0.3, -0.25) is 9.59 Å². The molecule has 0 unspecified atom stereocenters. The average Bonchev–Trinajstić information content (AvgIpc) is 2.60. The lowest BCUT2D eigenvalue weighted by atomic mass is 9.89. The molecule has 1 amide bonds. The number of carbonyl (C=O) groups is 2. The molecule has 126 valence electrons. The van der Waals surface area contributed by atoms with Crippen molar-refractivity contribution < 1.29 is 14.3 Å². The summed E-state index contributed by atoms with van der Waals surface area (Å²) in [4.78, 5) is 24.5. The molecule has 1 aromatic carbocycles. The summed E-state index contributed by atoms with van der Waals surface area (Å²) in [6, 6.07) is 9.92. The van der Waals surface area contributed by atoms with E-state index in [1.54, 1.807) is 11.8 Å². The van der Waals surface area contributed by atoms with Crippen LogP contribution in [-0.4, -0.2) is 30.8 Å². The molecule has 1 aliphatic rings. The highest BCUT2D eigenvalue weighted by Gasteiger charge is 2.14. The quantitative estimate of drug-likeness (QED) is 0.584.